The average Bonchev–Trinajstić information content (AvgIpc) is 2.24. The lowest BCUT2D eigenvalue weighted by atomic mass is 9.92. The molecule has 0 bridgehead atoms. The van der Waals surface area contributed by atoms with E-state index in [1.54, 1.807) is 19.0 Å². The standard InChI is InChI=1S/C14H19NO2/c1-9-6-10(2)13(8-16)11(3)12(9)7-14(17)15(4)5/h6,8H,7H2,1-5H3. The fourth-order valence-corrected chi connectivity index (χ4v) is 2.01. The highest BCUT2D eigenvalue weighted by molar-refractivity contribution is 5.84. The first-order chi connectivity index (χ1) is 7.88. The molecule has 0 aliphatic rings. The molecular formula is C14H19NO2. The Labute approximate surface area is 102 Å². The summed E-state index contributed by atoms with van der Waals surface area (Å²) in [6, 6.07) is 1.97. The molecule has 0 unspecified atom stereocenters. The highest BCUT2D eigenvalue weighted by atomic mass is 16.2. The summed E-state index contributed by atoms with van der Waals surface area (Å²) in [5, 5.41) is 0. The number of hydrogen-bond donors (Lipinski definition) is 0. The first kappa shape index (κ1) is 13.4. The van der Waals surface area contributed by atoms with Crippen molar-refractivity contribution >= 4 is 12.2 Å². The third kappa shape index (κ3) is 2.73. The van der Waals surface area contributed by atoms with Gasteiger partial charge in [-0.3, -0.25) is 9.59 Å². The molecule has 0 aromatic heterocycles. The van der Waals surface area contributed by atoms with Gasteiger partial charge in [0, 0.05) is 19.7 Å². The van der Waals surface area contributed by atoms with Crippen molar-refractivity contribution in [3.63, 3.8) is 0 Å². The number of hydrogen-bond acceptors (Lipinski definition) is 2. The molecule has 92 valence electrons. The maximum atomic E-state index is 11.7. The Balaban J connectivity index is 3.24. The predicted molar refractivity (Wildman–Crippen MR) is 68.4 cm³/mol. The summed E-state index contributed by atoms with van der Waals surface area (Å²) >= 11 is 0. The monoisotopic (exact) mass is 233 g/mol. The number of aldehydes is 1. The second-order valence-corrected chi connectivity index (χ2v) is 4.61. The smallest absolute Gasteiger partial charge is 0.226 e. The van der Waals surface area contributed by atoms with Crippen LogP contribution in [0.2, 0.25) is 0 Å². The number of rotatable bonds is 3. The van der Waals surface area contributed by atoms with Gasteiger partial charge in [-0.2, -0.15) is 0 Å². The van der Waals surface area contributed by atoms with E-state index in [4.69, 9.17) is 0 Å². The van der Waals surface area contributed by atoms with E-state index in [1.807, 2.05) is 26.8 Å². The molecule has 0 saturated carbocycles. The van der Waals surface area contributed by atoms with E-state index in [9.17, 15) is 9.59 Å². The molecule has 3 heteroatoms. The molecule has 1 aromatic rings. The molecule has 1 amide bonds. The minimum Gasteiger partial charge on any atom is -0.349 e. The van der Waals surface area contributed by atoms with Crippen molar-refractivity contribution in [2.45, 2.75) is 27.2 Å². The largest absolute Gasteiger partial charge is 0.349 e. The maximum Gasteiger partial charge on any atom is 0.226 e. The second-order valence-electron chi connectivity index (χ2n) is 4.61. The second kappa shape index (κ2) is 5.13. The van der Waals surface area contributed by atoms with Gasteiger partial charge in [0.15, 0.2) is 6.29 Å². The zero-order valence-corrected chi connectivity index (χ0v) is 11.1. The van der Waals surface area contributed by atoms with Crippen molar-refractivity contribution in [3.05, 3.63) is 33.9 Å². The lowest BCUT2D eigenvalue weighted by molar-refractivity contribution is -0.127. The summed E-state index contributed by atoms with van der Waals surface area (Å²) in [5.41, 5.74) is 4.64. The fourth-order valence-electron chi connectivity index (χ4n) is 2.01. The minimum absolute atomic E-state index is 0.0527. The van der Waals surface area contributed by atoms with Gasteiger partial charge in [0.05, 0.1) is 6.42 Å². The number of benzene rings is 1. The zero-order chi connectivity index (χ0) is 13.2. The molecule has 0 N–H and O–H groups in total. The third-order valence-corrected chi connectivity index (χ3v) is 3.14. The summed E-state index contributed by atoms with van der Waals surface area (Å²) in [6.07, 6.45) is 1.22. The highest BCUT2D eigenvalue weighted by Gasteiger charge is 2.14. The summed E-state index contributed by atoms with van der Waals surface area (Å²) in [5.74, 6) is 0.0527. The number of aryl methyl sites for hydroxylation is 2. The molecule has 0 spiro atoms. The molecule has 0 aliphatic carbocycles. The highest BCUT2D eigenvalue weighted by Crippen LogP contribution is 2.21. The molecule has 0 saturated heterocycles. The molecule has 0 heterocycles. The van der Waals surface area contributed by atoms with Crippen molar-refractivity contribution < 1.29 is 9.59 Å². The molecule has 1 rings (SSSR count). The first-order valence-electron chi connectivity index (χ1n) is 5.63. The van der Waals surface area contributed by atoms with Crippen LogP contribution in [0, 0.1) is 20.8 Å². The molecule has 3 nitrogen and oxygen atoms in total. The lowest BCUT2D eigenvalue weighted by Crippen LogP contribution is -2.24. The van der Waals surface area contributed by atoms with E-state index in [0.29, 0.717) is 12.0 Å². The average molecular weight is 233 g/mol. The van der Waals surface area contributed by atoms with Crippen molar-refractivity contribution in [3.8, 4) is 0 Å². The lowest BCUT2D eigenvalue weighted by Gasteiger charge is -2.16. The van der Waals surface area contributed by atoms with E-state index in [2.05, 4.69) is 0 Å². The molecule has 0 atom stereocenters. The van der Waals surface area contributed by atoms with Gasteiger partial charge >= 0.3 is 0 Å². The van der Waals surface area contributed by atoms with Crippen molar-refractivity contribution in [2.75, 3.05) is 14.1 Å². The van der Waals surface area contributed by atoms with E-state index in [0.717, 1.165) is 28.5 Å². The van der Waals surface area contributed by atoms with E-state index < -0.39 is 0 Å². The topological polar surface area (TPSA) is 37.4 Å². The molecule has 1 aromatic carbocycles. The third-order valence-electron chi connectivity index (χ3n) is 3.14. The van der Waals surface area contributed by atoms with Crippen LogP contribution in [-0.4, -0.2) is 31.2 Å². The fraction of sp³-hybridized carbons (Fsp3) is 0.429. The minimum atomic E-state index is 0.0527. The van der Waals surface area contributed by atoms with Crippen LogP contribution in [0.25, 0.3) is 0 Å². The van der Waals surface area contributed by atoms with Gasteiger partial charge in [-0.25, -0.2) is 0 Å². The van der Waals surface area contributed by atoms with Crippen molar-refractivity contribution in [1.82, 2.24) is 4.90 Å². The summed E-state index contributed by atoms with van der Waals surface area (Å²) in [7, 11) is 3.48. The Bertz CT molecular complexity index is 462. The molecular weight excluding hydrogens is 214 g/mol. The van der Waals surface area contributed by atoms with Crippen LogP contribution in [0.4, 0.5) is 0 Å². The molecule has 0 fully saturated rings. The zero-order valence-electron chi connectivity index (χ0n) is 11.1. The van der Waals surface area contributed by atoms with Crippen LogP contribution >= 0.6 is 0 Å². The Hall–Kier alpha value is -1.64. The van der Waals surface area contributed by atoms with Gasteiger partial charge in [-0.1, -0.05) is 6.07 Å². The first-order valence-corrected chi connectivity index (χ1v) is 5.63. The van der Waals surface area contributed by atoms with E-state index in [-0.39, 0.29) is 5.91 Å². The maximum absolute atomic E-state index is 11.7. The van der Waals surface area contributed by atoms with Crippen molar-refractivity contribution in [1.29, 1.82) is 0 Å². The van der Waals surface area contributed by atoms with Gasteiger partial charge in [-0.05, 0) is 43.0 Å². The van der Waals surface area contributed by atoms with E-state index in [1.165, 1.54) is 0 Å². The SMILES string of the molecule is Cc1cc(C)c(CC(=O)N(C)C)c(C)c1C=O. The predicted octanol–water partition coefficient (Wildman–Crippen LogP) is 2.06. The Morgan fingerprint density at radius 1 is 1.24 bits per heavy atom. The van der Waals surface area contributed by atoms with Crippen LogP contribution < -0.4 is 0 Å². The number of nitrogens with zero attached hydrogens (tertiary/aromatic N) is 1. The number of likely N-dealkylation sites (N-methyl/N-ethyl adjacent to an activating group) is 1. The van der Waals surface area contributed by atoms with Crippen LogP contribution in [0.3, 0.4) is 0 Å². The van der Waals surface area contributed by atoms with Gasteiger partial charge < -0.3 is 4.90 Å². The normalized spacial score (nSPS) is 10.2. The van der Waals surface area contributed by atoms with Gasteiger partial charge in [-0.15, -0.1) is 0 Å². The van der Waals surface area contributed by atoms with Crippen molar-refractivity contribution in [2.24, 2.45) is 0 Å². The van der Waals surface area contributed by atoms with Gasteiger partial charge in [0.1, 0.15) is 0 Å². The molecule has 17 heavy (non-hydrogen) atoms. The summed E-state index contributed by atoms with van der Waals surface area (Å²) < 4.78 is 0. The van der Waals surface area contributed by atoms with Crippen LogP contribution in [0.15, 0.2) is 6.07 Å². The van der Waals surface area contributed by atoms with Gasteiger partial charge in [0.2, 0.25) is 5.91 Å². The van der Waals surface area contributed by atoms with Crippen LogP contribution in [0.1, 0.15) is 32.6 Å². The van der Waals surface area contributed by atoms with Gasteiger partial charge in [0.25, 0.3) is 0 Å². The van der Waals surface area contributed by atoms with Crippen LogP contribution in [-0.2, 0) is 11.2 Å². The Morgan fingerprint density at radius 3 is 2.29 bits per heavy atom. The molecule has 0 radical (unpaired) electrons. The summed E-state index contributed by atoms with van der Waals surface area (Å²) in [4.78, 5) is 24.3. The van der Waals surface area contributed by atoms with E-state index >= 15 is 0 Å². The number of amides is 1. The molecule has 0 aliphatic heterocycles. The number of carbonyl (C=O) groups excluding carboxylic acids is 2. The van der Waals surface area contributed by atoms with Crippen LogP contribution in [0.5, 0.6) is 0 Å². The number of carbonyl (C=O) groups is 2. The Morgan fingerprint density at radius 2 is 1.82 bits per heavy atom. The Kier molecular flexibility index (Phi) is 4.05. The summed E-state index contributed by atoms with van der Waals surface area (Å²) in [6.45, 7) is 5.80. The quantitative estimate of drug-likeness (QED) is 0.749.